The molecule has 2 aliphatic rings. The maximum atomic E-state index is 13.2. The maximum Gasteiger partial charge on any atom is 0.416 e. The highest BCUT2D eigenvalue weighted by atomic mass is 19.4. The highest BCUT2D eigenvalue weighted by Gasteiger charge is 2.48. The van der Waals surface area contributed by atoms with Crippen LogP contribution in [0.1, 0.15) is 43.2 Å². The van der Waals surface area contributed by atoms with E-state index in [-0.39, 0.29) is 18.1 Å². The number of carbonyl (C=O) groups is 2. The normalized spacial score (nSPS) is 18.2. The minimum absolute atomic E-state index is 0.0355. The fraction of sp³-hybridized carbons (Fsp3) is 0.348. The van der Waals surface area contributed by atoms with E-state index in [0.717, 1.165) is 31.4 Å². The van der Waals surface area contributed by atoms with Gasteiger partial charge in [0.15, 0.2) is 0 Å². The van der Waals surface area contributed by atoms with Gasteiger partial charge in [-0.25, -0.2) is 0 Å². The van der Waals surface area contributed by atoms with Gasteiger partial charge in [0.1, 0.15) is 17.9 Å². The molecule has 0 atom stereocenters. The number of alkyl halides is 3. The zero-order valence-corrected chi connectivity index (χ0v) is 16.8. The molecule has 1 heterocycles. The molecule has 4 rings (SSSR count). The average Bonchev–Trinajstić information content (AvgIpc) is 3.00. The molecule has 1 spiro atoms. The Morgan fingerprint density at radius 2 is 1.74 bits per heavy atom. The topological polar surface area (TPSA) is 61.8 Å². The third-order valence-electron chi connectivity index (χ3n) is 5.75. The molecule has 1 N–H and O–H groups in total. The second kappa shape index (κ2) is 8.17. The van der Waals surface area contributed by atoms with Crippen molar-refractivity contribution in [1.82, 2.24) is 4.90 Å². The van der Waals surface area contributed by atoms with Gasteiger partial charge in [-0.2, -0.15) is 13.2 Å². The fourth-order valence-corrected chi connectivity index (χ4v) is 4.25. The van der Waals surface area contributed by atoms with Gasteiger partial charge in [-0.05, 0) is 43.9 Å². The zero-order chi connectivity index (χ0) is 22.1. The van der Waals surface area contributed by atoms with Crippen molar-refractivity contribution in [2.45, 2.75) is 43.9 Å². The molecule has 2 aromatic rings. The largest absolute Gasteiger partial charge is 0.416 e. The van der Waals surface area contributed by atoms with Gasteiger partial charge in [0.25, 0.3) is 5.91 Å². The van der Waals surface area contributed by atoms with Crippen molar-refractivity contribution in [3.8, 4) is 0 Å². The molecule has 0 saturated heterocycles. The first-order valence-corrected chi connectivity index (χ1v) is 10.2. The third kappa shape index (κ3) is 4.33. The van der Waals surface area contributed by atoms with Crippen LogP contribution in [0.15, 0.2) is 59.6 Å². The van der Waals surface area contributed by atoms with Crippen molar-refractivity contribution >= 4 is 23.2 Å². The SMILES string of the molecule is O=C(CN1C(=O)C(c2ccccc2)=NC12CCCCC2)Nc1cccc(C(F)(F)F)c1. The van der Waals surface area contributed by atoms with Gasteiger partial charge >= 0.3 is 6.18 Å². The van der Waals surface area contributed by atoms with Gasteiger partial charge in [-0.1, -0.05) is 42.8 Å². The van der Waals surface area contributed by atoms with Gasteiger partial charge in [0.05, 0.1) is 5.56 Å². The molecule has 1 saturated carbocycles. The summed E-state index contributed by atoms with van der Waals surface area (Å²) in [4.78, 5) is 32.2. The van der Waals surface area contributed by atoms with E-state index >= 15 is 0 Å². The van der Waals surface area contributed by atoms with E-state index in [4.69, 9.17) is 4.99 Å². The van der Waals surface area contributed by atoms with E-state index in [1.54, 1.807) is 12.1 Å². The van der Waals surface area contributed by atoms with Crippen LogP contribution >= 0.6 is 0 Å². The third-order valence-corrected chi connectivity index (χ3v) is 5.75. The average molecular weight is 429 g/mol. The Morgan fingerprint density at radius 1 is 1.03 bits per heavy atom. The molecule has 5 nitrogen and oxygen atoms in total. The maximum absolute atomic E-state index is 13.2. The molecule has 2 amide bonds. The summed E-state index contributed by atoms with van der Waals surface area (Å²) in [6.45, 7) is -0.269. The summed E-state index contributed by atoms with van der Waals surface area (Å²) in [6, 6.07) is 13.5. The second-order valence-electron chi connectivity index (χ2n) is 7.89. The summed E-state index contributed by atoms with van der Waals surface area (Å²) in [5.74, 6) is -0.880. The Hall–Kier alpha value is -3.16. The minimum Gasteiger partial charge on any atom is -0.325 e. The van der Waals surface area contributed by atoms with Crippen molar-refractivity contribution in [3.05, 3.63) is 65.7 Å². The minimum atomic E-state index is -4.50. The number of halogens is 3. The van der Waals surface area contributed by atoms with Gasteiger partial charge in [-0.3, -0.25) is 14.6 Å². The van der Waals surface area contributed by atoms with Crippen molar-refractivity contribution < 1.29 is 22.8 Å². The van der Waals surface area contributed by atoms with Gasteiger partial charge in [-0.15, -0.1) is 0 Å². The first-order valence-electron chi connectivity index (χ1n) is 10.2. The quantitative estimate of drug-likeness (QED) is 0.770. The van der Waals surface area contributed by atoms with Gasteiger partial charge < -0.3 is 10.2 Å². The molecule has 0 unspecified atom stereocenters. The molecule has 162 valence electrons. The number of benzene rings is 2. The van der Waals surface area contributed by atoms with Crippen LogP contribution in [0, 0.1) is 0 Å². The van der Waals surface area contributed by atoms with Crippen molar-refractivity contribution in [2.75, 3.05) is 11.9 Å². The van der Waals surface area contributed by atoms with Crippen molar-refractivity contribution in [1.29, 1.82) is 0 Å². The predicted octanol–water partition coefficient (Wildman–Crippen LogP) is 4.64. The zero-order valence-electron chi connectivity index (χ0n) is 16.8. The molecular weight excluding hydrogens is 407 g/mol. The number of amides is 2. The van der Waals surface area contributed by atoms with Gasteiger partial charge in [0.2, 0.25) is 5.91 Å². The highest BCUT2D eigenvalue weighted by Crippen LogP contribution is 2.39. The van der Waals surface area contributed by atoms with E-state index < -0.39 is 23.3 Å². The summed E-state index contributed by atoms with van der Waals surface area (Å²) in [6.07, 6.45) is -0.361. The van der Waals surface area contributed by atoms with Crippen LogP contribution < -0.4 is 5.32 Å². The molecule has 1 fully saturated rings. The van der Waals surface area contributed by atoms with Crippen molar-refractivity contribution in [2.24, 2.45) is 4.99 Å². The van der Waals surface area contributed by atoms with E-state index in [2.05, 4.69) is 5.32 Å². The molecule has 31 heavy (non-hydrogen) atoms. The summed E-state index contributed by atoms with van der Waals surface area (Å²) in [5.41, 5.74) is -0.562. The van der Waals surface area contributed by atoms with Crippen LogP contribution in [0.4, 0.5) is 18.9 Å². The van der Waals surface area contributed by atoms with E-state index in [1.165, 1.54) is 17.0 Å². The lowest BCUT2D eigenvalue weighted by atomic mass is 9.88. The smallest absolute Gasteiger partial charge is 0.325 e. The number of aliphatic imine (C=N–C) groups is 1. The van der Waals surface area contributed by atoms with Crippen molar-refractivity contribution in [3.63, 3.8) is 0 Å². The molecule has 1 aliphatic heterocycles. The lowest BCUT2D eigenvalue weighted by Gasteiger charge is -2.38. The summed E-state index contributed by atoms with van der Waals surface area (Å²) < 4.78 is 38.8. The highest BCUT2D eigenvalue weighted by molar-refractivity contribution is 6.47. The Balaban J connectivity index is 1.55. The van der Waals surface area contributed by atoms with Gasteiger partial charge in [0, 0.05) is 11.3 Å². The Bertz CT molecular complexity index is 1010. The standard InChI is InChI=1S/C23H22F3N3O2/c24-23(25,26)17-10-7-11-18(14-17)27-19(30)15-29-21(31)20(16-8-3-1-4-9-16)28-22(29)12-5-2-6-13-22/h1,3-4,7-11,14H,2,5-6,12-13,15H2,(H,27,30). The van der Waals surface area contributed by atoms with Crippen LogP contribution in [0.5, 0.6) is 0 Å². The number of rotatable bonds is 4. The second-order valence-corrected chi connectivity index (χ2v) is 7.89. The lowest BCUT2D eigenvalue weighted by molar-refractivity contribution is -0.137. The summed E-state index contributed by atoms with van der Waals surface area (Å²) in [5, 5.41) is 2.49. The number of carbonyl (C=O) groups excluding carboxylic acids is 2. The molecular formula is C23H22F3N3O2. The number of anilines is 1. The molecule has 0 aromatic heterocycles. The molecule has 0 bridgehead atoms. The van der Waals surface area contributed by atoms with E-state index in [9.17, 15) is 22.8 Å². The molecule has 2 aromatic carbocycles. The Morgan fingerprint density at radius 3 is 2.42 bits per heavy atom. The fourth-order valence-electron chi connectivity index (χ4n) is 4.25. The Labute approximate surface area is 178 Å². The first-order chi connectivity index (χ1) is 14.8. The number of hydrogen-bond acceptors (Lipinski definition) is 3. The molecule has 0 radical (unpaired) electrons. The van der Waals surface area contributed by atoms with Crippen LogP contribution in [-0.2, 0) is 15.8 Å². The number of hydrogen-bond donors (Lipinski definition) is 1. The van der Waals surface area contributed by atoms with E-state index in [0.29, 0.717) is 24.1 Å². The Kier molecular flexibility index (Phi) is 5.56. The number of nitrogens with one attached hydrogen (secondary N) is 1. The summed E-state index contributed by atoms with van der Waals surface area (Å²) in [7, 11) is 0. The molecule has 8 heteroatoms. The van der Waals surface area contributed by atoms with Crippen LogP contribution in [0.3, 0.4) is 0 Å². The number of nitrogens with zero attached hydrogens (tertiary/aromatic N) is 2. The monoisotopic (exact) mass is 429 g/mol. The van der Waals surface area contributed by atoms with Crippen LogP contribution in [0.2, 0.25) is 0 Å². The predicted molar refractivity (Wildman–Crippen MR) is 111 cm³/mol. The van der Waals surface area contributed by atoms with Crippen LogP contribution in [-0.4, -0.2) is 34.6 Å². The van der Waals surface area contributed by atoms with Crippen LogP contribution in [0.25, 0.3) is 0 Å². The van der Waals surface area contributed by atoms with E-state index in [1.807, 2.05) is 18.2 Å². The molecule has 1 aliphatic carbocycles. The lowest BCUT2D eigenvalue weighted by Crippen LogP contribution is -2.51. The first kappa shape index (κ1) is 21.1. The summed E-state index contributed by atoms with van der Waals surface area (Å²) >= 11 is 0.